The normalized spacial score (nSPS) is 18.1. The Kier molecular flexibility index (Phi) is 6.35. The molecule has 0 aromatic heterocycles. The lowest BCUT2D eigenvalue weighted by molar-refractivity contribution is -0.126. The second-order valence-corrected chi connectivity index (χ2v) is 7.91. The molecule has 0 saturated carbocycles. The van der Waals surface area contributed by atoms with Gasteiger partial charge >= 0.3 is 0 Å². The number of anilines is 1. The predicted octanol–water partition coefficient (Wildman–Crippen LogP) is 3.78. The second-order valence-electron chi connectivity index (χ2n) is 7.91. The number of fused-ring (bicyclic) bond motifs is 1. The van der Waals surface area contributed by atoms with Gasteiger partial charge in [-0.25, -0.2) is 0 Å². The molecule has 0 aliphatic carbocycles. The number of hydrogen-bond acceptors (Lipinski definition) is 5. The first-order chi connectivity index (χ1) is 15.1. The Balaban J connectivity index is 1.40. The van der Waals surface area contributed by atoms with Gasteiger partial charge in [0, 0.05) is 61.6 Å². The molecule has 1 amide bonds. The molecule has 2 aromatic rings. The largest absolute Gasteiger partial charge is 0.497 e. The van der Waals surface area contributed by atoms with Crippen LogP contribution in [0.3, 0.4) is 0 Å². The van der Waals surface area contributed by atoms with Crippen LogP contribution in [-0.4, -0.2) is 56.8 Å². The van der Waals surface area contributed by atoms with E-state index in [0.29, 0.717) is 19.7 Å². The fraction of sp³-hybridized carbons (Fsp3) is 0.400. The quantitative estimate of drug-likeness (QED) is 0.663. The minimum atomic E-state index is 0.0162. The molecule has 2 aromatic carbocycles. The van der Waals surface area contributed by atoms with Crippen LogP contribution < -0.4 is 19.1 Å². The van der Waals surface area contributed by atoms with Crippen molar-refractivity contribution in [1.29, 1.82) is 0 Å². The van der Waals surface area contributed by atoms with E-state index in [-0.39, 0.29) is 12.0 Å². The van der Waals surface area contributed by atoms with Crippen molar-refractivity contribution in [2.45, 2.75) is 26.4 Å². The topological polar surface area (TPSA) is 51.2 Å². The van der Waals surface area contributed by atoms with E-state index in [9.17, 15) is 4.79 Å². The Hall–Kier alpha value is -3.15. The van der Waals surface area contributed by atoms with Gasteiger partial charge in [0.1, 0.15) is 23.4 Å². The lowest BCUT2D eigenvalue weighted by Crippen LogP contribution is -2.48. The van der Waals surface area contributed by atoms with Gasteiger partial charge < -0.3 is 24.0 Å². The molecule has 1 fully saturated rings. The molecule has 6 heteroatoms. The molecule has 2 heterocycles. The standard InChI is InChI=1S/C25H30N2O4/c1-4-30-23-16-20-14-18(2)31-24(20)15-19(23)8-9-25(28)27-12-10-26(11-13-27)21-6-5-7-22(17-21)29-3/h5-9,15-18H,4,10-14H2,1-3H3/b9-8+. The maximum atomic E-state index is 12.8. The zero-order valence-electron chi connectivity index (χ0n) is 18.5. The summed E-state index contributed by atoms with van der Waals surface area (Å²) in [6.45, 7) is 7.56. The zero-order chi connectivity index (χ0) is 21.8. The lowest BCUT2D eigenvalue weighted by atomic mass is 10.1. The average molecular weight is 423 g/mol. The molecule has 2 aliphatic heterocycles. The molecular formula is C25H30N2O4. The first kappa shape index (κ1) is 21.1. The molecule has 0 radical (unpaired) electrons. The average Bonchev–Trinajstić information content (AvgIpc) is 3.16. The molecular weight excluding hydrogens is 392 g/mol. The van der Waals surface area contributed by atoms with Gasteiger partial charge in [0.15, 0.2) is 0 Å². The van der Waals surface area contributed by atoms with E-state index < -0.39 is 0 Å². The fourth-order valence-corrected chi connectivity index (χ4v) is 4.12. The van der Waals surface area contributed by atoms with Crippen molar-refractivity contribution in [1.82, 2.24) is 4.90 Å². The number of nitrogens with zero attached hydrogens (tertiary/aromatic N) is 2. The fourth-order valence-electron chi connectivity index (χ4n) is 4.12. The van der Waals surface area contributed by atoms with Crippen LogP contribution in [0.2, 0.25) is 0 Å². The van der Waals surface area contributed by atoms with Gasteiger partial charge in [-0.1, -0.05) is 6.07 Å². The molecule has 0 bridgehead atoms. The van der Waals surface area contributed by atoms with Crippen LogP contribution >= 0.6 is 0 Å². The Bertz CT molecular complexity index is 964. The molecule has 2 aliphatic rings. The van der Waals surface area contributed by atoms with Gasteiger partial charge in [-0.15, -0.1) is 0 Å². The summed E-state index contributed by atoms with van der Waals surface area (Å²) in [7, 11) is 1.67. The van der Waals surface area contributed by atoms with Gasteiger partial charge in [-0.05, 0) is 44.2 Å². The van der Waals surface area contributed by atoms with E-state index in [4.69, 9.17) is 14.2 Å². The number of carbonyl (C=O) groups is 1. The summed E-state index contributed by atoms with van der Waals surface area (Å²) in [5.41, 5.74) is 3.15. The molecule has 1 unspecified atom stereocenters. The third kappa shape index (κ3) is 4.79. The van der Waals surface area contributed by atoms with E-state index in [1.165, 1.54) is 0 Å². The summed E-state index contributed by atoms with van der Waals surface area (Å²) in [6.07, 6.45) is 4.54. The third-order valence-corrected chi connectivity index (χ3v) is 5.74. The minimum absolute atomic E-state index is 0.0162. The van der Waals surface area contributed by atoms with Crippen molar-refractivity contribution in [2.75, 3.05) is 44.8 Å². The highest BCUT2D eigenvalue weighted by molar-refractivity contribution is 5.92. The SMILES string of the molecule is CCOc1cc2c(cc1/C=C/C(=O)N1CCN(c3cccc(OC)c3)CC1)OC(C)C2. The number of carbonyl (C=O) groups excluding carboxylic acids is 1. The molecule has 6 nitrogen and oxygen atoms in total. The van der Waals surface area contributed by atoms with Crippen molar-refractivity contribution in [2.24, 2.45) is 0 Å². The number of piperazine rings is 1. The molecule has 4 rings (SSSR count). The maximum absolute atomic E-state index is 12.8. The summed E-state index contributed by atoms with van der Waals surface area (Å²) in [6, 6.07) is 12.1. The monoisotopic (exact) mass is 422 g/mol. The number of benzene rings is 2. The first-order valence-electron chi connectivity index (χ1n) is 10.9. The highest BCUT2D eigenvalue weighted by Crippen LogP contribution is 2.35. The number of ether oxygens (including phenoxy) is 3. The Morgan fingerprint density at radius 3 is 2.74 bits per heavy atom. The van der Waals surface area contributed by atoms with Crippen molar-refractivity contribution >= 4 is 17.7 Å². The predicted molar refractivity (Wildman–Crippen MR) is 122 cm³/mol. The van der Waals surface area contributed by atoms with Crippen LogP contribution in [0.4, 0.5) is 5.69 Å². The van der Waals surface area contributed by atoms with Crippen LogP contribution in [0, 0.1) is 0 Å². The summed E-state index contributed by atoms with van der Waals surface area (Å²) in [5, 5.41) is 0. The molecule has 1 atom stereocenters. The number of hydrogen-bond donors (Lipinski definition) is 0. The summed E-state index contributed by atoms with van der Waals surface area (Å²) in [4.78, 5) is 17.0. The summed E-state index contributed by atoms with van der Waals surface area (Å²) >= 11 is 0. The van der Waals surface area contributed by atoms with E-state index in [1.54, 1.807) is 13.2 Å². The van der Waals surface area contributed by atoms with Gasteiger partial charge in [0.2, 0.25) is 5.91 Å². The van der Waals surface area contributed by atoms with Crippen LogP contribution in [-0.2, 0) is 11.2 Å². The van der Waals surface area contributed by atoms with E-state index in [2.05, 4.69) is 17.9 Å². The van der Waals surface area contributed by atoms with Gasteiger partial charge in [-0.3, -0.25) is 4.79 Å². The second kappa shape index (κ2) is 9.33. The smallest absolute Gasteiger partial charge is 0.246 e. The number of methoxy groups -OCH3 is 1. The first-order valence-corrected chi connectivity index (χ1v) is 10.9. The van der Waals surface area contributed by atoms with Gasteiger partial charge in [0.05, 0.1) is 13.7 Å². The van der Waals surface area contributed by atoms with E-state index in [0.717, 1.165) is 53.6 Å². The maximum Gasteiger partial charge on any atom is 0.246 e. The molecule has 31 heavy (non-hydrogen) atoms. The van der Waals surface area contributed by atoms with Crippen molar-refractivity contribution < 1.29 is 19.0 Å². The highest BCUT2D eigenvalue weighted by Gasteiger charge is 2.22. The highest BCUT2D eigenvalue weighted by atomic mass is 16.5. The third-order valence-electron chi connectivity index (χ3n) is 5.74. The van der Waals surface area contributed by atoms with Gasteiger partial charge in [0.25, 0.3) is 0 Å². The van der Waals surface area contributed by atoms with E-state index >= 15 is 0 Å². The Morgan fingerprint density at radius 1 is 1.19 bits per heavy atom. The lowest BCUT2D eigenvalue weighted by Gasteiger charge is -2.35. The van der Waals surface area contributed by atoms with Crippen LogP contribution in [0.15, 0.2) is 42.5 Å². The Labute approximate surface area is 184 Å². The zero-order valence-corrected chi connectivity index (χ0v) is 18.5. The van der Waals surface area contributed by atoms with Crippen molar-refractivity contribution in [3.05, 3.63) is 53.6 Å². The summed E-state index contributed by atoms with van der Waals surface area (Å²) in [5.74, 6) is 2.54. The molecule has 164 valence electrons. The summed E-state index contributed by atoms with van der Waals surface area (Å²) < 4.78 is 17.0. The van der Waals surface area contributed by atoms with E-state index in [1.807, 2.05) is 48.2 Å². The van der Waals surface area contributed by atoms with Crippen LogP contribution in [0.5, 0.6) is 17.2 Å². The Morgan fingerprint density at radius 2 is 2.00 bits per heavy atom. The van der Waals surface area contributed by atoms with Crippen LogP contribution in [0.25, 0.3) is 6.08 Å². The minimum Gasteiger partial charge on any atom is -0.497 e. The van der Waals surface area contributed by atoms with Crippen molar-refractivity contribution in [3.63, 3.8) is 0 Å². The van der Waals surface area contributed by atoms with Gasteiger partial charge in [-0.2, -0.15) is 0 Å². The number of amides is 1. The molecule has 0 N–H and O–H groups in total. The van der Waals surface area contributed by atoms with Crippen LogP contribution in [0.1, 0.15) is 25.0 Å². The molecule has 1 saturated heterocycles. The van der Waals surface area contributed by atoms with Crippen molar-refractivity contribution in [3.8, 4) is 17.2 Å². The molecule has 0 spiro atoms. The number of rotatable bonds is 6.